The van der Waals surface area contributed by atoms with Crippen molar-refractivity contribution in [3.8, 4) is 0 Å². The molecule has 8 heteroatoms. The van der Waals surface area contributed by atoms with Crippen LogP contribution in [0.2, 0.25) is 0 Å². The molecule has 3 rings (SSSR count). The van der Waals surface area contributed by atoms with Gasteiger partial charge in [-0.1, -0.05) is 18.2 Å². The van der Waals surface area contributed by atoms with Crippen molar-refractivity contribution in [2.45, 2.75) is 6.92 Å². The van der Waals surface area contributed by atoms with E-state index in [-0.39, 0.29) is 17.1 Å². The van der Waals surface area contributed by atoms with Crippen LogP contribution < -0.4 is 16.4 Å². The first kappa shape index (κ1) is 19.7. The van der Waals surface area contributed by atoms with Crippen molar-refractivity contribution in [2.75, 3.05) is 10.6 Å². The van der Waals surface area contributed by atoms with Crippen molar-refractivity contribution in [1.82, 2.24) is 4.98 Å². The van der Waals surface area contributed by atoms with E-state index in [1.54, 1.807) is 30.5 Å². The van der Waals surface area contributed by atoms with Crippen LogP contribution in [0.1, 0.15) is 31.8 Å². The van der Waals surface area contributed by atoms with Crippen LogP contribution in [-0.2, 0) is 0 Å². The maximum atomic E-state index is 13.7. The van der Waals surface area contributed by atoms with Crippen LogP contribution >= 0.6 is 0 Å². The van der Waals surface area contributed by atoms with Gasteiger partial charge in [0.25, 0.3) is 11.8 Å². The Balaban J connectivity index is 1.82. The number of carbonyl (C=O) groups is 2. The first-order valence-electron chi connectivity index (χ1n) is 8.63. The Bertz CT molecular complexity index is 1080. The van der Waals surface area contributed by atoms with Crippen molar-refractivity contribution in [3.05, 3.63) is 88.9 Å². The van der Waals surface area contributed by atoms with Crippen molar-refractivity contribution in [3.63, 3.8) is 0 Å². The van der Waals surface area contributed by atoms with Crippen molar-refractivity contribution >= 4 is 29.2 Å². The van der Waals surface area contributed by atoms with Crippen molar-refractivity contribution < 1.29 is 14.0 Å². The molecule has 0 bridgehead atoms. The number of hydrogen-bond donors (Lipinski definition) is 4. The third kappa shape index (κ3) is 4.81. The predicted octanol–water partition coefficient (Wildman–Crippen LogP) is 3.32. The van der Waals surface area contributed by atoms with Crippen LogP contribution in [0, 0.1) is 18.2 Å². The number of nitrogens with one attached hydrogen (secondary N) is 3. The maximum Gasteiger partial charge on any atom is 0.259 e. The van der Waals surface area contributed by atoms with Gasteiger partial charge in [0.2, 0.25) is 0 Å². The number of aromatic nitrogens is 1. The number of rotatable bonds is 5. The van der Waals surface area contributed by atoms with Crippen LogP contribution in [0.4, 0.5) is 15.9 Å². The fourth-order valence-corrected chi connectivity index (χ4v) is 2.53. The highest BCUT2D eigenvalue weighted by Crippen LogP contribution is 2.20. The van der Waals surface area contributed by atoms with E-state index < -0.39 is 17.6 Å². The summed E-state index contributed by atoms with van der Waals surface area (Å²) >= 11 is 0. The third-order valence-corrected chi connectivity index (χ3v) is 4.09. The molecular weight excluding hydrogens is 373 g/mol. The Kier molecular flexibility index (Phi) is 5.64. The van der Waals surface area contributed by atoms with Gasteiger partial charge in [-0.05, 0) is 48.9 Å². The standard InChI is InChI=1S/C21H18FN5O2/c1-12-2-9-18(25-11-12)27-21(29)16-10-15(22)7-8-17(16)26-20(28)14-5-3-13(4-6-14)19(23)24/h2-11H,1H3,(H3,23,24)(H,26,28)(H,25,27,29). The molecule has 2 amide bonds. The average Bonchev–Trinajstić information content (AvgIpc) is 2.71. The van der Waals surface area contributed by atoms with Crippen LogP contribution in [0.3, 0.4) is 0 Å². The van der Waals surface area contributed by atoms with E-state index in [9.17, 15) is 14.0 Å². The van der Waals surface area contributed by atoms with E-state index in [2.05, 4.69) is 15.6 Å². The van der Waals surface area contributed by atoms with E-state index in [0.29, 0.717) is 16.9 Å². The Morgan fingerprint density at radius 3 is 2.28 bits per heavy atom. The molecule has 146 valence electrons. The molecule has 1 heterocycles. The number of hydrogen-bond acceptors (Lipinski definition) is 4. The Morgan fingerprint density at radius 1 is 0.966 bits per heavy atom. The normalized spacial score (nSPS) is 10.3. The first-order chi connectivity index (χ1) is 13.8. The number of aryl methyl sites for hydroxylation is 1. The summed E-state index contributed by atoms with van der Waals surface area (Å²) in [5.74, 6) is -1.52. The molecule has 0 saturated heterocycles. The summed E-state index contributed by atoms with van der Waals surface area (Å²) in [7, 11) is 0. The van der Waals surface area contributed by atoms with Crippen molar-refractivity contribution in [2.24, 2.45) is 5.73 Å². The molecule has 0 atom stereocenters. The Morgan fingerprint density at radius 2 is 1.66 bits per heavy atom. The molecular formula is C21H18FN5O2. The highest BCUT2D eigenvalue weighted by molar-refractivity contribution is 6.12. The van der Waals surface area contributed by atoms with Crippen LogP contribution in [0.5, 0.6) is 0 Å². The van der Waals surface area contributed by atoms with Gasteiger partial charge in [-0.3, -0.25) is 15.0 Å². The van der Waals surface area contributed by atoms with Gasteiger partial charge >= 0.3 is 0 Å². The number of nitrogen functional groups attached to an aromatic ring is 1. The highest BCUT2D eigenvalue weighted by Gasteiger charge is 2.16. The second-order valence-corrected chi connectivity index (χ2v) is 6.31. The van der Waals surface area contributed by atoms with Gasteiger partial charge in [0.05, 0.1) is 11.3 Å². The molecule has 7 nitrogen and oxygen atoms in total. The number of benzene rings is 2. The molecule has 3 aromatic rings. The third-order valence-electron chi connectivity index (χ3n) is 4.09. The van der Waals surface area contributed by atoms with Gasteiger partial charge in [-0.25, -0.2) is 9.37 Å². The quantitative estimate of drug-likeness (QED) is 0.394. The smallest absolute Gasteiger partial charge is 0.259 e. The number of anilines is 2. The zero-order chi connectivity index (χ0) is 21.0. The minimum atomic E-state index is -0.615. The van der Waals surface area contributed by atoms with Gasteiger partial charge in [-0.2, -0.15) is 0 Å². The largest absolute Gasteiger partial charge is 0.384 e. The number of halogens is 1. The van der Waals surface area contributed by atoms with Crippen LogP contribution in [0.25, 0.3) is 0 Å². The maximum absolute atomic E-state index is 13.7. The van der Waals surface area contributed by atoms with E-state index in [1.807, 2.05) is 6.92 Å². The lowest BCUT2D eigenvalue weighted by molar-refractivity contribution is 0.102. The van der Waals surface area contributed by atoms with Crippen LogP contribution in [0.15, 0.2) is 60.8 Å². The number of amides is 2. The lowest BCUT2D eigenvalue weighted by Gasteiger charge is -2.12. The monoisotopic (exact) mass is 391 g/mol. The molecule has 0 saturated carbocycles. The fourth-order valence-electron chi connectivity index (χ4n) is 2.53. The summed E-state index contributed by atoms with van der Waals surface area (Å²) in [6.07, 6.45) is 1.59. The molecule has 29 heavy (non-hydrogen) atoms. The molecule has 0 unspecified atom stereocenters. The molecule has 0 spiro atoms. The zero-order valence-corrected chi connectivity index (χ0v) is 15.5. The summed E-state index contributed by atoms with van der Waals surface area (Å²) < 4.78 is 13.7. The Labute approximate surface area is 166 Å². The van der Waals surface area contributed by atoms with E-state index >= 15 is 0 Å². The fraction of sp³-hybridized carbons (Fsp3) is 0.0476. The van der Waals surface area contributed by atoms with Gasteiger partial charge in [0, 0.05) is 17.3 Å². The molecule has 0 aliphatic heterocycles. The van der Waals surface area contributed by atoms with Crippen molar-refractivity contribution in [1.29, 1.82) is 5.41 Å². The molecule has 0 fully saturated rings. The molecule has 5 N–H and O–H groups in total. The number of carbonyl (C=O) groups excluding carboxylic acids is 2. The predicted molar refractivity (Wildman–Crippen MR) is 109 cm³/mol. The molecule has 0 radical (unpaired) electrons. The highest BCUT2D eigenvalue weighted by atomic mass is 19.1. The number of pyridine rings is 1. The minimum absolute atomic E-state index is 0.0407. The van der Waals surface area contributed by atoms with E-state index in [1.165, 1.54) is 18.2 Å². The van der Waals surface area contributed by atoms with Crippen LogP contribution in [-0.4, -0.2) is 22.6 Å². The summed E-state index contributed by atoms with van der Waals surface area (Å²) in [5.41, 5.74) is 7.21. The number of nitrogens with two attached hydrogens (primary N) is 1. The van der Waals surface area contributed by atoms with E-state index in [4.69, 9.17) is 11.1 Å². The second-order valence-electron chi connectivity index (χ2n) is 6.31. The summed E-state index contributed by atoms with van der Waals surface area (Å²) in [5, 5.41) is 12.6. The molecule has 2 aromatic carbocycles. The SMILES string of the molecule is Cc1ccc(NC(=O)c2cc(F)ccc2NC(=O)c2ccc(C(=N)N)cc2)nc1. The van der Waals surface area contributed by atoms with Gasteiger partial charge in [-0.15, -0.1) is 0 Å². The summed E-state index contributed by atoms with van der Waals surface area (Å²) in [6.45, 7) is 1.86. The molecule has 0 aliphatic rings. The first-order valence-corrected chi connectivity index (χ1v) is 8.63. The van der Waals surface area contributed by atoms with E-state index in [0.717, 1.165) is 17.7 Å². The Hall–Kier alpha value is -4.07. The lowest BCUT2D eigenvalue weighted by atomic mass is 10.1. The second kappa shape index (κ2) is 8.30. The summed E-state index contributed by atoms with van der Waals surface area (Å²) in [4.78, 5) is 29.2. The minimum Gasteiger partial charge on any atom is -0.384 e. The summed E-state index contributed by atoms with van der Waals surface area (Å²) in [6, 6.07) is 13.0. The average molecular weight is 391 g/mol. The molecule has 1 aromatic heterocycles. The van der Waals surface area contributed by atoms with Gasteiger partial charge < -0.3 is 16.4 Å². The van der Waals surface area contributed by atoms with Gasteiger partial charge in [0.1, 0.15) is 17.5 Å². The van der Waals surface area contributed by atoms with Gasteiger partial charge in [0.15, 0.2) is 0 Å². The number of amidine groups is 1. The zero-order valence-electron chi connectivity index (χ0n) is 15.5. The lowest BCUT2D eigenvalue weighted by Crippen LogP contribution is -2.19. The topological polar surface area (TPSA) is 121 Å². The number of nitrogens with zero attached hydrogens (tertiary/aromatic N) is 1. The molecule has 0 aliphatic carbocycles.